The van der Waals surface area contributed by atoms with Gasteiger partial charge in [-0.2, -0.15) is 0 Å². The van der Waals surface area contributed by atoms with E-state index in [1.165, 1.54) is 80.2 Å². The van der Waals surface area contributed by atoms with E-state index in [4.69, 9.17) is 8.83 Å². The maximum atomic E-state index is 6.72. The van der Waals surface area contributed by atoms with Gasteiger partial charge in [0.1, 0.15) is 22.3 Å². The number of rotatable bonds is 11. The lowest BCUT2D eigenvalue weighted by Gasteiger charge is -2.14. The van der Waals surface area contributed by atoms with E-state index < -0.39 is 0 Å². The van der Waals surface area contributed by atoms with Crippen LogP contribution < -0.4 is 0 Å². The fourth-order valence-corrected chi connectivity index (χ4v) is 19.4. The normalized spacial score (nSPS) is 12.0. The summed E-state index contributed by atoms with van der Waals surface area (Å²) in [4.78, 5) is 0. The molecule has 0 atom stereocenters. The number of hydrogen-bond acceptors (Lipinski definition) is 3. The van der Waals surface area contributed by atoms with E-state index in [2.05, 4.69) is 396 Å². The molecule has 114 heavy (non-hydrogen) atoms. The van der Waals surface area contributed by atoms with Crippen molar-refractivity contribution in [1.29, 1.82) is 0 Å². The Morgan fingerprint density at radius 3 is 0.904 bits per heavy atom. The predicted octanol–water partition coefficient (Wildman–Crippen LogP) is 30.5. The summed E-state index contributed by atoms with van der Waals surface area (Å²) < 4.78 is 22.8. The zero-order valence-corrected chi connectivity index (χ0v) is 62.4. The first-order chi connectivity index (χ1) is 56.4. The molecule has 0 unspecified atom stereocenters. The van der Waals surface area contributed by atoms with Crippen LogP contribution >= 0.6 is 11.3 Å². The molecule has 0 saturated heterocycles. The predicted molar refractivity (Wildman–Crippen MR) is 480 cm³/mol. The molecule has 5 nitrogen and oxygen atoms in total. The van der Waals surface area contributed by atoms with Gasteiger partial charge in [-0.05, 0) is 271 Å². The van der Waals surface area contributed by atoms with E-state index in [-0.39, 0.29) is 0 Å². The molecular formula is C108H65N3O2S. The van der Waals surface area contributed by atoms with Crippen molar-refractivity contribution in [3.63, 3.8) is 0 Å². The number of furan rings is 2. The molecule has 0 N–H and O–H groups in total. The molecule has 0 saturated carbocycles. The largest absolute Gasteiger partial charge is 0.456 e. The van der Waals surface area contributed by atoms with Gasteiger partial charge in [-0.25, -0.2) is 0 Å². The van der Waals surface area contributed by atoms with E-state index in [1.54, 1.807) is 0 Å². The standard InChI is InChI=1S/C108H65N3O2S/c1-3-18-66(19-4-1)71-42-50-107-95(64-71)96-65-76(43-51-108(96)114-107)75-40-48-105-93(62-75)94-63-78(41-49-106(94)113-105)81-54-79(70-23-17-27-84(57-70)110-97-32-11-7-28-85(97)86-29-8-12-33-98(86)110)53-80(55-81)77-38-46-100-89(60-77)87-30-9-13-34-99(87)111(100)83-26-16-22-69(56-83)67-20-15-21-68(52-67)72-36-44-101-90(58-72)91-59-73(37-45-102(91)109(101)82-24-5-2-6-25-82)74-39-47-104-92(61-74)88-31-10-14-35-103(88)112-104/h1-65H. The summed E-state index contributed by atoms with van der Waals surface area (Å²) in [6.45, 7) is 0. The minimum absolute atomic E-state index is 0.859. The monoisotopic (exact) mass is 1470 g/mol. The van der Waals surface area contributed by atoms with Gasteiger partial charge in [-0.15, -0.1) is 11.3 Å². The number of aromatic nitrogens is 3. The van der Waals surface area contributed by atoms with E-state index >= 15 is 0 Å². The van der Waals surface area contributed by atoms with Gasteiger partial charge in [0.2, 0.25) is 0 Å². The molecule has 0 bridgehead atoms. The quantitative estimate of drug-likeness (QED) is 0.129. The van der Waals surface area contributed by atoms with Gasteiger partial charge in [0.05, 0.1) is 33.1 Å². The van der Waals surface area contributed by atoms with Crippen molar-refractivity contribution in [2.45, 2.75) is 0 Å². The average Bonchev–Trinajstić information content (AvgIpc) is 1.24. The SMILES string of the molecule is c1ccc(-c2ccc3sc4ccc(-c5ccc6oc7ccc(-c8cc(-c9cccc(-n%10c%11ccccc%11c%11ccccc%11%10)c9)cc(-c9ccc%10c(c9)c9ccccc9n%10-c9cccc(-c%10cccc(-c%11ccc%12c(c%11)c%11cc(-c%13ccc%14oc%15ccccc%15c%14c%13)ccc%11n%12-c%11ccccc%11)c%10)c9)c8)cc7c6c5)cc4c3c2)cc1. The first-order valence-corrected chi connectivity index (χ1v) is 39.8. The molecule has 6 heteroatoms. The highest BCUT2D eigenvalue weighted by atomic mass is 32.1. The van der Waals surface area contributed by atoms with Crippen LogP contribution in [0.4, 0.5) is 0 Å². The van der Waals surface area contributed by atoms with Crippen molar-refractivity contribution in [3.05, 3.63) is 394 Å². The lowest BCUT2D eigenvalue weighted by Crippen LogP contribution is -1.95. The van der Waals surface area contributed by atoms with Crippen LogP contribution in [0.2, 0.25) is 0 Å². The number of thiophene rings is 1. The van der Waals surface area contributed by atoms with Crippen LogP contribution in [0.5, 0.6) is 0 Å². The summed E-state index contributed by atoms with van der Waals surface area (Å²) >= 11 is 1.86. The zero-order chi connectivity index (χ0) is 74.6. The molecule has 0 amide bonds. The van der Waals surface area contributed by atoms with Crippen molar-refractivity contribution in [2.75, 3.05) is 0 Å². The van der Waals surface area contributed by atoms with Crippen LogP contribution in [0.25, 0.3) is 236 Å². The van der Waals surface area contributed by atoms with Gasteiger partial charge in [0.25, 0.3) is 0 Å². The number of fused-ring (bicyclic) bond motifs is 18. The van der Waals surface area contributed by atoms with Crippen LogP contribution in [0, 0.1) is 0 Å². The van der Waals surface area contributed by atoms with Crippen LogP contribution in [-0.4, -0.2) is 13.7 Å². The van der Waals surface area contributed by atoms with Crippen molar-refractivity contribution in [2.24, 2.45) is 0 Å². The molecule has 24 aromatic rings. The lowest BCUT2D eigenvalue weighted by atomic mass is 9.92. The van der Waals surface area contributed by atoms with Gasteiger partial charge in [0, 0.05) is 91.1 Å². The van der Waals surface area contributed by atoms with E-state index in [0.29, 0.717) is 0 Å². The lowest BCUT2D eigenvalue weighted by molar-refractivity contribution is 0.668. The Morgan fingerprint density at radius 2 is 0.421 bits per heavy atom. The van der Waals surface area contributed by atoms with Gasteiger partial charge in [-0.3, -0.25) is 0 Å². The molecule has 18 aromatic carbocycles. The summed E-state index contributed by atoms with van der Waals surface area (Å²) in [5.41, 5.74) is 32.3. The van der Waals surface area contributed by atoms with Crippen LogP contribution in [0.15, 0.2) is 403 Å². The first kappa shape index (κ1) is 64.0. The molecule has 530 valence electrons. The van der Waals surface area contributed by atoms with Crippen LogP contribution in [0.3, 0.4) is 0 Å². The topological polar surface area (TPSA) is 41.1 Å². The molecule has 0 radical (unpaired) electrons. The first-order valence-electron chi connectivity index (χ1n) is 39.0. The van der Waals surface area contributed by atoms with Crippen molar-refractivity contribution in [1.82, 2.24) is 13.7 Å². The summed E-state index contributed by atoms with van der Waals surface area (Å²) in [5, 5.41) is 14.2. The molecule has 0 fully saturated rings. The third kappa shape index (κ3) is 10.3. The van der Waals surface area contributed by atoms with Crippen molar-refractivity contribution >= 4 is 141 Å². The Kier molecular flexibility index (Phi) is 14.3. The molecule has 0 aliphatic heterocycles. The molecule has 0 aliphatic carbocycles. The number of benzene rings is 18. The van der Waals surface area contributed by atoms with Gasteiger partial charge < -0.3 is 22.5 Å². The highest BCUT2D eigenvalue weighted by molar-refractivity contribution is 7.25. The fourth-order valence-electron chi connectivity index (χ4n) is 18.3. The van der Waals surface area contributed by atoms with Gasteiger partial charge in [0.15, 0.2) is 0 Å². The second kappa shape index (κ2) is 25.4. The third-order valence-corrected chi connectivity index (χ3v) is 24.9. The fraction of sp³-hybridized carbons (Fsp3) is 0. The summed E-state index contributed by atoms with van der Waals surface area (Å²) in [5.74, 6) is 0. The van der Waals surface area contributed by atoms with E-state index in [9.17, 15) is 0 Å². The average molecular weight is 1470 g/mol. The van der Waals surface area contributed by atoms with Crippen molar-refractivity contribution < 1.29 is 8.83 Å². The molecule has 0 spiro atoms. The highest BCUT2D eigenvalue weighted by Crippen LogP contribution is 2.46. The van der Waals surface area contributed by atoms with Gasteiger partial charge in [-0.1, -0.05) is 212 Å². The Hall–Kier alpha value is -14.8. The van der Waals surface area contributed by atoms with Crippen LogP contribution in [0.1, 0.15) is 0 Å². The Labute approximate surface area is 659 Å². The minimum atomic E-state index is 0.859. The number of nitrogens with zero attached hydrogens (tertiary/aromatic N) is 3. The Morgan fingerprint density at radius 1 is 0.149 bits per heavy atom. The van der Waals surface area contributed by atoms with E-state index in [0.717, 1.165) is 155 Å². The molecule has 24 rings (SSSR count). The molecular weight excluding hydrogens is 1400 g/mol. The van der Waals surface area contributed by atoms with Gasteiger partial charge >= 0.3 is 0 Å². The Bertz CT molecular complexity index is 8070. The van der Waals surface area contributed by atoms with Crippen LogP contribution in [-0.2, 0) is 0 Å². The second-order valence-electron chi connectivity index (χ2n) is 30.3. The number of para-hydroxylation sites is 5. The zero-order valence-electron chi connectivity index (χ0n) is 61.6. The maximum Gasteiger partial charge on any atom is 0.135 e. The molecule has 6 aromatic heterocycles. The maximum absolute atomic E-state index is 6.72. The molecule has 6 heterocycles. The minimum Gasteiger partial charge on any atom is -0.456 e. The second-order valence-corrected chi connectivity index (χ2v) is 31.4. The summed E-state index contributed by atoms with van der Waals surface area (Å²) in [6.07, 6.45) is 0. The van der Waals surface area contributed by atoms with E-state index in [1.807, 2.05) is 23.5 Å². The number of hydrogen-bond donors (Lipinski definition) is 0. The summed E-state index contributed by atoms with van der Waals surface area (Å²) in [6, 6.07) is 145. The molecule has 0 aliphatic rings. The Balaban J connectivity index is 0.608. The summed E-state index contributed by atoms with van der Waals surface area (Å²) in [7, 11) is 0. The smallest absolute Gasteiger partial charge is 0.135 e. The third-order valence-electron chi connectivity index (χ3n) is 23.8. The van der Waals surface area contributed by atoms with Crippen molar-refractivity contribution in [3.8, 4) is 106 Å². The highest BCUT2D eigenvalue weighted by Gasteiger charge is 2.22.